The largest absolute Gasteiger partial charge is 0.469 e. The molecule has 0 saturated heterocycles. The Morgan fingerprint density at radius 1 is 1.43 bits per heavy atom. The van der Waals surface area contributed by atoms with Gasteiger partial charge in [-0.15, -0.1) is 0 Å². The molecule has 0 spiro atoms. The number of ether oxygens (including phenoxy) is 1. The molecule has 0 bridgehead atoms. The van der Waals surface area contributed by atoms with Gasteiger partial charge in [0.1, 0.15) is 5.56 Å². The summed E-state index contributed by atoms with van der Waals surface area (Å²) in [5.74, 6) is -0.890. The minimum absolute atomic E-state index is 0.0759. The summed E-state index contributed by atoms with van der Waals surface area (Å²) in [5.41, 5.74) is -0.378. The molecule has 0 N–H and O–H groups in total. The van der Waals surface area contributed by atoms with Crippen molar-refractivity contribution in [1.29, 1.82) is 0 Å². The lowest BCUT2D eigenvalue weighted by molar-refractivity contribution is -0.385. The van der Waals surface area contributed by atoms with E-state index in [1.54, 1.807) is 0 Å². The lowest BCUT2D eigenvalue weighted by Crippen LogP contribution is -2.28. The number of halogens is 1. The summed E-state index contributed by atoms with van der Waals surface area (Å²) in [6, 6.07) is 3.81. The number of methoxy groups -OCH3 is 1. The molecule has 1 rings (SSSR count). The Morgan fingerprint density at radius 2 is 2.10 bits per heavy atom. The number of benzene rings is 1. The molecule has 1 aromatic rings. The lowest BCUT2D eigenvalue weighted by Gasteiger charge is -2.17. The quantitative estimate of drug-likeness (QED) is 0.456. The molecule has 0 aliphatic heterocycles. The average Bonchev–Trinajstić information content (AvgIpc) is 2.45. The third-order valence-electron chi connectivity index (χ3n) is 2.83. The number of nitro groups is 1. The van der Waals surface area contributed by atoms with E-state index in [4.69, 9.17) is 11.6 Å². The van der Waals surface area contributed by atoms with Gasteiger partial charge in [0.2, 0.25) is 0 Å². The fourth-order valence-electron chi connectivity index (χ4n) is 1.71. The molecule has 8 heteroatoms. The molecule has 0 aromatic heterocycles. The summed E-state index contributed by atoms with van der Waals surface area (Å²) in [6.45, 7) is 0.275. The monoisotopic (exact) mass is 314 g/mol. The van der Waals surface area contributed by atoms with Crippen molar-refractivity contribution >= 4 is 29.2 Å². The fraction of sp³-hybridized carbons (Fsp3) is 0.385. The number of hydrogen-bond donors (Lipinski definition) is 0. The number of carbonyl (C=O) groups excluding carboxylic acids is 2. The molecule has 0 heterocycles. The molecular weight excluding hydrogens is 300 g/mol. The first-order valence-corrected chi connectivity index (χ1v) is 6.50. The summed E-state index contributed by atoms with van der Waals surface area (Å²) in [5, 5.41) is 11.2. The Labute approximate surface area is 126 Å². The van der Waals surface area contributed by atoms with Crippen LogP contribution in [-0.4, -0.2) is 42.4 Å². The Hall–Kier alpha value is -2.15. The van der Waals surface area contributed by atoms with E-state index in [-0.39, 0.29) is 35.2 Å². The highest BCUT2D eigenvalue weighted by molar-refractivity contribution is 6.31. The Morgan fingerprint density at radius 3 is 2.67 bits per heavy atom. The van der Waals surface area contributed by atoms with Gasteiger partial charge in [-0.1, -0.05) is 11.6 Å². The van der Waals surface area contributed by atoms with Crippen molar-refractivity contribution < 1.29 is 19.2 Å². The van der Waals surface area contributed by atoms with E-state index in [1.807, 2.05) is 0 Å². The van der Waals surface area contributed by atoms with Gasteiger partial charge in [0, 0.05) is 31.1 Å². The van der Waals surface area contributed by atoms with E-state index >= 15 is 0 Å². The van der Waals surface area contributed by atoms with Gasteiger partial charge in [-0.3, -0.25) is 19.7 Å². The van der Waals surface area contributed by atoms with Crippen molar-refractivity contribution in [2.45, 2.75) is 12.8 Å². The number of carbonyl (C=O) groups is 2. The zero-order chi connectivity index (χ0) is 16.0. The maximum atomic E-state index is 12.2. The van der Waals surface area contributed by atoms with Crippen LogP contribution in [0.5, 0.6) is 0 Å². The first-order valence-electron chi connectivity index (χ1n) is 6.13. The summed E-state index contributed by atoms with van der Waals surface area (Å²) in [4.78, 5) is 34.8. The van der Waals surface area contributed by atoms with Crippen LogP contribution >= 0.6 is 11.6 Å². The summed E-state index contributed by atoms with van der Waals surface area (Å²) >= 11 is 5.78. The van der Waals surface area contributed by atoms with E-state index < -0.39 is 10.8 Å². The van der Waals surface area contributed by atoms with Gasteiger partial charge < -0.3 is 9.64 Å². The van der Waals surface area contributed by atoms with E-state index in [9.17, 15) is 19.7 Å². The van der Waals surface area contributed by atoms with Gasteiger partial charge in [-0.05, 0) is 18.6 Å². The molecule has 0 atom stereocenters. The molecule has 0 aliphatic carbocycles. The van der Waals surface area contributed by atoms with Gasteiger partial charge in [0.05, 0.1) is 12.0 Å². The summed E-state index contributed by atoms with van der Waals surface area (Å²) in [6.07, 6.45) is 0.578. The molecule has 114 valence electrons. The highest BCUT2D eigenvalue weighted by Crippen LogP contribution is 2.23. The van der Waals surface area contributed by atoms with Crippen LogP contribution in [0.3, 0.4) is 0 Å². The lowest BCUT2D eigenvalue weighted by atomic mass is 10.1. The van der Waals surface area contributed by atoms with Crippen LogP contribution in [0.1, 0.15) is 23.2 Å². The smallest absolute Gasteiger partial charge is 0.305 e. The fourth-order valence-corrected chi connectivity index (χ4v) is 1.88. The first kappa shape index (κ1) is 16.9. The van der Waals surface area contributed by atoms with Gasteiger partial charge in [0.25, 0.3) is 11.6 Å². The van der Waals surface area contributed by atoms with Crippen LogP contribution in [0, 0.1) is 10.1 Å². The van der Waals surface area contributed by atoms with Gasteiger partial charge in [0.15, 0.2) is 0 Å². The minimum Gasteiger partial charge on any atom is -0.469 e. The number of esters is 1. The molecule has 7 nitrogen and oxygen atoms in total. The van der Waals surface area contributed by atoms with Crippen LogP contribution in [-0.2, 0) is 9.53 Å². The van der Waals surface area contributed by atoms with Crippen LogP contribution in [0.15, 0.2) is 18.2 Å². The second-order valence-electron chi connectivity index (χ2n) is 4.32. The Bertz CT molecular complexity index is 561. The third-order valence-corrected chi connectivity index (χ3v) is 3.07. The summed E-state index contributed by atoms with van der Waals surface area (Å²) in [7, 11) is 2.79. The van der Waals surface area contributed by atoms with Gasteiger partial charge in [-0.2, -0.15) is 0 Å². The molecule has 0 radical (unpaired) electrons. The molecule has 0 saturated carbocycles. The first-order chi connectivity index (χ1) is 9.86. The highest BCUT2D eigenvalue weighted by atomic mass is 35.5. The topological polar surface area (TPSA) is 89.8 Å². The average molecular weight is 315 g/mol. The number of nitro benzene ring substituents is 1. The van der Waals surface area contributed by atoms with Crippen molar-refractivity contribution in [3.63, 3.8) is 0 Å². The van der Waals surface area contributed by atoms with Gasteiger partial charge in [-0.25, -0.2) is 0 Å². The third kappa shape index (κ3) is 4.71. The van der Waals surface area contributed by atoms with Crippen molar-refractivity contribution in [3.05, 3.63) is 38.9 Å². The Kier molecular flexibility index (Phi) is 6.10. The zero-order valence-corrected chi connectivity index (χ0v) is 12.4. The van der Waals surface area contributed by atoms with Crippen molar-refractivity contribution in [2.75, 3.05) is 20.7 Å². The van der Waals surface area contributed by atoms with Crippen molar-refractivity contribution in [1.82, 2.24) is 4.90 Å². The normalized spacial score (nSPS) is 10.0. The number of nitrogens with zero attached hydrogens (tertiary/aromatic N) is 2. The molecule has 1 aromatic carbocycles. The maximum absolute atomic E-state index is 12.2. The number of hydrogen-bond acceptors (Lipinski definition) is 5. The van der Waals surface area contributed by atoms with Crippen LogP contribution in [0.2, 0.25) is 5.02 Å². The van der Waals surface area contributed by atoms with Gasteiger partial charge >= 0.3 is 5.97 Å². The van der Waals surface area contributed by atoms with E-state index in [0.717, 1.165) is 0 Å². The SMILES string of the molecule is COC(=O)CCCN(C)C(=O)c1cc(Cl)ccc1[N+](=O)[O-]. The van der Waals surface area contributed by atoms with Crippen molar-refractivity contribution in [3.8, 4) is 0 Å². The standard InChI is InChI=1S/C13H15ClN2O5/c1-15(7-3-4-12(17)21-2)13(18)10-8-9(14)5-6-11(10)16(19)20/h5-6,8H,3-4,7H2,1-2H3. The maximum Gasteiger partial charge on any atom is 0.305 e. The molecule has 0 aliphatic rings. The predicted octanol–water partition coefficient (Wildman–Crippen LogP) is 2.27. The molecule has 0 unspecified atom stereocenters. The molecular formula is C13H15ClN2O5. The second kappa shape index (κ2) is 7.58. The highest BCUT2D eigenvalue weighted by Gasteiger charge is 2.23. The van der Waals surface area contributed by atoms with E-state index in [1.165, 1.54) is 37.3 Å². The van der Waals surface area contributed by atoms with Crippen LogP contribution < -0.4 is 0 Å². The Balaban J connectivity index is 2.80. The number of rotatable bonds is 6. The second-order valence-corrected chi connectivity index (χ2v) is 4.76. The zero-order valence-electron chi connectivity index (χ0n) is 11.7. The molecule has 0 fully saturated rings. The van der Waals surface area contributed by atoms with E-state index in [2.05, 4.69) is 4.74 Å². The van der Waals surface area contributed by atoms with Crippen LogP contribution in [0.25, 0.3) is 0 Å². The predicted molar refractivity (Wildman–Crippen MR) is 76.3 cm³/mol. The van der Waals surface area contributed by atoms with E-state index in [0.29, 0.717) is 6.42 Å². The van der Waals surface area contributed by atoms with Crippen LogP contribution in [0.4, 0.5) is 5.69 Å². The minimum atomic E-state index is -0.633. The summed E-state index contributed by atoms with van der Waals surface area (Å²) < 4.78 is 4.49. The molecule has 21 heavy (non-hydrogen) atoms. The number of amides is 1. The molecule has 1 amide bonds. The van der Waals surface area contributed by atoms with Crippen molar-refractivity contribution in [2.24, 2.45) is 0 Å².